The van der Waals surface area contributed by atoms with Crippen molar-refractivity contribution in [2.75, 3.05) is 51.6 Å². The van der Waals surface area contributed by atoms with Crippen molar-refractivity contribution < 1.29 is 51.3 Å². The Bertz CT molecular complexity index is 2550. The van der Waals surface area contributed by atoms with Gasteiger partial charge >= 0.3 is 0 Å². The van der Waals surface area contributed by atoms with Crippen LogP contribution in [-0.4, -0.2) is 115 Å². The summed E-state index contributed by atoms with van der Waals surface area (Å²) in [5, 5.41) is 5.41. The number of nitrogens with zero attached hydrogens (tertiary/aromatic N) is 2. The lowest BCUT2D eigenvalue weighted by atomic mass is 9.94. The molecule has 1 unspecified atom stereocenters. The van der Waals surface area contributed by atoms with Gasteiger partial charge in [-0.1, -0.05) is 42.5 Å². The molecular formula is C46H53N5O11S2. The van der Waals surface area contributed by atoms with Crippen LogP contribution in [0.15, 0.2) is 66.9 Å². The summed E-state index contributed by atoms with van der Waals surface area (Å²) in [6.07, 6.45) is 4.95. The van der Waals surface area contributed by atoms with Crippen molar-refractivity contribution in [3.05, 3.63) is 83.6 Å². The number of nitrogens with one attached hydrogen (secondary N) is 2. The van der Waals surface area contributed by atoms with Gasteiger partial charge in [-0.15, -0.1) is 0 Å². The summed E-state index contributed by atoms with van der Waals surface area (Å²) in [5.41, 5.74) is 10.4. The van der Waals surface area contributed by atoms with Gasteiger partial charge in [-0.25, -0.2) is 8.42 Å². The molecule has 2 aliphatic heterocycles. The highest BCUT2D eigenvalue weighted by Gasteiger charge is 2.46. The number of rotatable bonds is 20. The van der Waals surface area contributed by atoms with Crippen molar-refractivity contribution in [3.8, 4) is 16.9 Å². The molecule has 5 amide bonds. The summed E-state index contributed by atoms with van der Waals surface area (Å²) < 4.78 is 50.7. The molecule has 3 heterocycles. The molecule has 0 bridgehead atoms. The van der Waals surface area contributed by atoms with Gasteiger partial charge in [-0.05, 0) is 81.8 Å². The monoisotopic (exact) mass is 915 g/mol. The molecule has 340 valence electrons. The number of amides is 5. The van der Waals surface area contributed by atoms with Crippen LogP contribution in [0, 0.1) is 0 Å². The minimum Gasteiger partial charge on any atom is -0.490 e. The third-order valence-corrected chi connectivity index (χ3v) is 14.8. The molecule has 1 aliphatic carbocycles. The Hall–Kier alpha value is -5.53. The van der Waals surface area contributed by atoms with E-state index in [1.165, 1.54) is 6.07 Å². The zero-order valence-corrected chi connectivity index (χ0v) is 37.5. The topological polar surface area (TPSA) is 215 Å². The molecule has 3 aromatic carbocycles. The molecule has 64 heavy (non-hydrogen) atoms. The van der Waals surface area contributed by atoms with Gasteiger partial charge in [0.05, 0.1) is 73.2 Å². The third-order valence-electron chi connectivity index (χ3n) is 11.9. The van der Waals surface area contributed by atoms with Gasteiger partial charge in [0, 0.05) is 40.9 Å². The van der Waals surface area contributed by atoms with Crippen molar-refractivity contribution >= 4 is 73.2 Å². The highest BCUT2D eigenvalue weighted by Crippen LogP contribution is 2.40. The maximum Gasteiger partial charge on any atom is 0.266 e. The molecule has 16 nitrogen and oxygen atoms in total. The van der Waals surface area contributed by atoms with Crippen LogP contribution in [0.3, 0.4) is 0 Å². The summed E-state index contributed by atoms with van der Waals surface area (Å²) >= 11 is 5.25. The number of hydrogen-bond acceptors (Lipinski definition) is 12. The standard InChI is InChI=1S/C46H53N5O11S2/c1-28(2)64(57,58)33-12-10-32(11-13-33)50-27-36(29-5-3-6-30(25-29)43(47)63)34-14-9-31(26-38(34)50)48-41(53)17-18-59-19-20-60-21-22-61-23-24-62-39-8-4-7-35-42(39)46(56)51(45(35)55)37-15-16-40(52)49-44(37)54/h3-9,14,25-28,32-33,37H,10-13,15-24H2,1-2H3,(H2,47,63)(H,48,53)(H,49,52,54). The molecule has 18 heteroatoms. The molecule has 0 spiro atoms. The van der Waals surface area contributed by atoms with E-state index in [2.05, 4.69) is 21.4 Å². The second-order valence-electron chi connectivity index (χ2n) is 16.3. The van der Waals surface area contributed by atoms with Crippen LogP contribution in [0.25, 0.3) is 22.0 Å². The van der Waals surface area contributed by atoms with E-state index in [1.54, 1.807) is 26.0 Å². The first kappa shape index (κ1) is 46.5. The Balaban J connectivity index is 0.831. The number of nitrogens with two attached hydrogens (primary N) is 1. The smallest absolute Gasteiger partial charge is 0.266 e. The van der Waals surface area contributed by atoms with Crippen molar-refractivity contribution in [1.82, 2.24) is 14.8 Å². The van der Waals surface area contributed by atoms with E-state index in [0.29, 0.717) is 43.0 Å². The number of fused-ring (bicyclic) bond motifs is 2. The van der Waals surface area contributed by atoms with E-state index in [1.807, 2.05) is 42.5 Å². The second-order valence-corrected chi connectivity index (χ2v) is 19.5. The van der Waals surface area contributed by atoms with E-state index in [0.717, 1.165) is 32.5 Å². The van der Waals surface area contributed by atoms with Crippen molar-refractivity contribution in [3.63, 3.8) is 0 Å². The van der Waals surface area contributed by atoms with E-state index in [-0.39, 0.29) is 93.0 Å². The van der Waals surface area contributed by atoms with Crippen LogP contribution >= 0.6 is 12.2 Å². The number of piperidine rings is 1. The van der Waals surface area contributed by atoms with Gasteiger partial charge in [0.25, 0.3) is 11.8 Å². The normalized spacial score (nSPS) is 19.0. The molecule has 1 aromatic heterocycles. The maximum absolute atomic E-state index is 13.2. The number of ether oxygens (including phenoxy) is 4. The number of thiocarbonyl (C=S) groups is 1. The third kappa shape index (κ3) is 10.4. The van der Waals surface area contributed by atoms with Crippen molar-refractivity contribution in [2.45, 2.75) is 81.4 Å². The van der Waals surface area contributed by atoms with E-state index in [4.69, 9.17) is 36.9 Å². The Morgan fingerprint density at radius 3 is 2.22 bits per heavy atom. The Kier molecular flexibility index (Phi) is 14.9. The Morgan fingerprint density at radius 2 is 1.53 bits per heavy atom. The highest BCUT2D eigenvalue weighted by atomic mass is 32.2. The minimum absolute atomic E-state index is 0.0310. The SMILES string of the molecule is CC(C)S(=O)(=O)C1CCC(n2cc(-c3cccc(C(N)=S)c3)c3ccc(NC(=O)CCOCCOCCOCCOc4cccc5c4C(=O)N(C4CCC(=O)NC4=O)C5=O)cc32)CC1. The first-order valence-electron chi connectivity index (χ1n) is 21.5. The van der Waals surface area contributed by atoms with Gasteiger partial charge in [-0.2, -0.15) is 0 Å². The fraction of sp³-hybridized carbons (Fsp3) is 0.435. The number of sulfone groups is 1. The molecule has 0 radical (unpaired) electrons. The van der Waals surface area contributed by atoms with Crippen LogP contribution in [0.2, 0.25) is 0 Å². The Morgan fingerprint density at radius 1 is 0.844 bits per heavy atom. The predicted octanol–water partition coefficient (Wildman–Crippen LogP) is 5.11. The molecule has 7 rings (SSSR count). The molecule has 1 saturated carbocycles. The van der Waals surface area contributed by atoms with Gasteiger partial charge in [0.2, 0.25) is 17.7 Å². The van der Waals surface area contributed by atoms with E-state index < -0.39 is 44.8 Å². The number of imide groups is 2. The maximum atomic E-state index is 13.2. The second kappa shape index (κ2) is 20.5. The van der Waals surface area contributed by atoms with Crippen molar-refractivity contribution in [1.29, 1.82) is 0 Å². The van der Waals surface area contributed by atoms with Crippen LogP contribution in [0.4, 0.5) is 5.69 Å². The van der Waals surface area contributed by atoms with E-state index in [9.17, 15) is 32.4 Å². The zero-order valence-electron chi connectivity index (χ0n) is 35.8. The number of anilines is 1. The summed E-state index contributed by atoms with van der Waals surface area (Å²) in [7, 11) is -3.19. The molecule has 3 aliphatic rings. The van der Waals surface area contributed by atoms with Crippen LogP contribution in [0.1, 0.15) is 91.1 Å². The molecule has 1 saturated heterocycles. The molecule has 1 atom stereocenters. The number of carbonyl (C=O) groups is 5. The summed E-state index contributed by atoms with van der Waals surface area (Å²) in [6.45, 7) is 5.07. The summed E-state index contributed by atoms with van der Waals surface area (Å²) in [5.74, 6) is -2.39. The average molecular weight is 916 g/mol. The van der Waals surface area contributed by atoms with Crippen molar-refractivity contribution in [2.24, 2.45) is 5.73 Å². The Labute approximate surface area is 377 Å². The molecule has 2 fully saturated rings. The zero-order chi connectivity index (χ0) is 45.5. The van der Waals surface area contributed by atoms with Gasteiger partial charge in [0.1, 0.15) is 23.4 Å². The number of carbonyl (C=O) groups excluding carboxylic acids is 5. The molecule has 4 aromatic rings. The molecular weight excluding hydrogens is 863 g/mol. The summed E-state index contributed by atoms with van der Waals surface area (Å²) in [4.78, 5) is 64.4. The first-order chi connectivity index (χ1) is 30.7. The number of benzene rings is 3. The van der Waals surface area contributed by atoms with Gasteiger partial charge in [-0.3, -0.25) is 34.2 Å². The lowest BCUT2D eigenvalue weighted by molar-refractivity contribution is -0.136. The van der Waals surface area contributed by atoms with Crippen LogP contribution in [-0.2, 0) is 38.4 Å². The molecule has 4 N–H and O–H groups in total. The minimum atomic E-state index is -3.19. The number of aromatic nitrogens is 1. The van der Waals surface area contributed by atoms with Gasteiger partial charge < -0.3 is 34.6 Å². The van der Waals surface area contributed by atoms with E-state index >= 15 is 0 Å². The van der Waals surface area contributed by atoms with Crippen LogP contribution < -0.4 is 21.1 Å². The predicted molar refractivity (Wildman–Crippen MR) is 243 cm³/mol. The fourth-order valence-corrected chi connectivity index (χ4v) is 10.3. The summed E-state index contributed by atoms with van der Waals surface area (Å²) in [6, 6.07) is 17.3. The first-order valence-corrected chi connectivity index (χ1v) is 23.5. The quantitative estimate of drug-likeness (QED) is 0.0598. The largest absolute Gasteiger partial charge is 0.490 e. The lowest BCUT2D eigenvalue weighted by Crippen LogP contribution is -2.54. The lowest BCUT2D eigenvalue weighted by Gasteiger charge is -2.31. The van der Waals surface area contributed by atoms with Crippen LogP contribution in [0.5, 0.6) is 5.75 Å². The fourth-order valence-electron chi connectivity index (χ4n) is 8.48. The average Bonchev–Trinajstić information content (AvgIpc) is 3.78. The van der Waals surface area contributed by atoms with Gasteiger partial charge in [0.15, 0.2) is 9.84 Å². The highest BCUT2D eigenvalue weighted by molar-refractivity contribution is 7.92. The number of hydrogen-bond donors (Lipinski definition) is 3.